The lowest BCUT2D eigenvalue weighted by molar-refractivity contribution is 0.148. The maximum atomic E-state index is 7.34. The maximum Gasteiger partial charge on any atom is 0.122 e. The molecule has 0 aliphatic carbocycles. The van der Waals surface area contributed by atoms with Gasteiger partial charge in [0.2, 0.25) is 0 Å². The summed E-state index contributed by atoms with van der Waals surface area (Å²) in [5.74, 6) is 0.135. The molecule has 2 rings (SSSR count). The highest BCUT2D eigenvalue weighted by Gasteiger charge is 2.13. The zero-order chi connectivity index (χ0) is 12.3. The zero-order valence-electron chi connectivity index (χ0n) is 10.7. The lowest BCUT2D eigenvalue weighted by Crippen LogP contribution is -2.43. The number of hydrogen-bond donors (Lipinski definition) is 2. The lowest BCUT2D eigenvalue weighted by Gasteiger charge is -2.32. The highest BCUT2D eigenvalue weighted by molar-refractivity contribution is 5.94. The van der Waals surface area contributed by atoms with Gasteiger partial charge in [0.15, 0.2) is 0 Å². The van der Waals surface area contributed by atoms with E-state index in [0.29, 0.717) is 0 Å². The molecule has 0 atom stereocenters. The number of nitrogen functional groups attached to an aromatic ring is 1. The molecule has 1 aliphatic heterocycles. The highest BCUT2D eigenvalue weighted by Crippen LogP contribution is 2.09. The summed E-state index contributed by atoms with van der Waals surface area (Å²) in [4.78, 5) is 4.82. The first kappa shape index (κ1) is 15.0. The third-order valence-electron chi connectivity index (χ3n) is 3.27. The minimum Gasteiger partial charge on any atom is -0.384 e. The monoisotopic (exact) mass is 268 g/mol. The Bertz CT molecular complexity index is 382. The van der Waals surface area contributed by atoms with Crippen molar-refractivity contribution in [3.63, 3.8) is 0 Å². The van der Waals surface area contributed by atoms with E-state index in [4.69, 9.17) is 11.1 Å². The molecule has 4 nitrogen and oxygen atoms in total. The summed E-state index contributed by atoms with van der Waals surface area (Å²) in [6.45, 7) is 5.54. The minimum absolute atomic E-state index is 0. The summed E-state index contributed by atoms with van der Waals surface area (Å²) in [7, 11) is 2.17. The standard InChI is InChI=1S/C13H20N4.ClH/c1-16-6-8-17(9-7-16)10-11-2-4-12(5-3-11)13(14)15;/h2-5H,6-10H2,1H3,(H3,14,15);1H. The van der Waals surface area contributed by atoms with Crippen LogP contribution < -0.4 is 5.73 Å². The van der Waals surface area contributed by atoms with Crippen LogP contribution in [-0.4, -0.2) is 48.9 Å². The van der Waals surface area contributed by atoms with Crippen molar-refractivity contribution in [2.45, 2.75) is 6.54 Å². The highest BCUT2D eigenvalue weighted by atomic mass is 35.5. The van der Waals surface area contributed by atoms with E-state index in [0.717, 1.165) is 38.3 Å². The number of nitrogens with two attached hydrogens (primary N) is 1. The Morgan fingerprint density at radius 1 is 1.17 bits per heavy atom. The fraction of sp³-hybridized carbons (Fsp3) is 0.462. The van der Waals surface area contributed by atoms with E-state index >= 15 is 0 Å². The summed E-state index contributed by atoms with van der Waals surface area (Å²) in [6, 6.07) is 7.98. The van der Waals surface area contributed by atoms with Gasteiger partial charge in [-0.3, -0.25) is 10.3 Å². The summed E-state index contributed by atoms with van der Waals surface area (Å²) >= 11 is 0. The fourth-order valence-corrected chi connectivity index (χ4v) is 2.05. The van der Waals surface area contributed by atoms with Crippen molar-refractivity contribution in [2.24, 2.45) is 5.73 Å². The van der Waals surface area contributed by atoms with E-state index in [1.165, 1.54) is 5.56 Å². The summed E-state index contributed by atoms with van der Waals surface area (Å²) in [5, 5.41) is 7.34. The van der Waals surface area contributed by atoms with Crippen molar-refractivity contribution in [1.82, 2.24) is 9.80 Å². The predicted octanol–water partition coefficient (Wildman–Crippen LogP) is 1.14. The number of hydrogen-bond acceptors (Lipinski definition) is 3. The van der Waals surface area contributed by atoms with Crippen molar-refractivity contribution in [1.29, 1.82) is 5.41 Å². The molecule has 100 valence electrons. The first-order valence-corrected chi connectivity index (χ1v) is 5.99. The summed E-state index contributed by atoms with van der Waals surface area (Å²) in [6.07, 6.45) is 0. The molecule has 1 saturated heterocycles. The van der Waals surface area contributed by atoms with Crippen LogP contribution in [0.5, 0.6) is 0 Å². The number of amidine groups is 1. The molecule has 1 fully saturated rings. The number of piperazine rings is 1. The Kier molecular flexibility index (Phi) is 5.59. The van der Waals surface area contributed by atoms with Gasteiger partial charge in [-0.25, -0.2) is 0 Å². The quantitative estimate of drug-likeness (QED) is 0.639. The Labute approximate surface area is 115 Å². The molecule has 3 N–H and O–H groups in total. The van der Waals surface area contributed by atoms with Crippen molar-refractivity contribution in [2.75, 3.05) is 33.2 Å². The molecule has 1 aliphatic rings. The van der Waals surface area contributed by atoms with Crippen LogP contribution >= 0.6 is 12.4 Å². The van der Waals surface area contributed by atoms with Crippen LogP contribution in [0.2, 0.25) is 0 Å². The molecular weight excluding hydrogens is 248 g/mol. The van der Waals surface area contributed by atoms with E-state index in [9.17, 15) is 0 Å². The number of nitrogens with one attached hydrogen (secondary N) is 1. The number of nitrogens with zero attached hydrogens (tertiary/aromatic N) is 2. The molecule has 0 aromatic heterocycles. The van der Waals surface area contributed by atoms with Gasteiger partial charge in [0.05, 0.1) is 0 Å². The van der Waals surface area contributed by atoms with Crippen molar-refractivity contribution in [3.05, 3.63) is 35.4 Å². The van der Waals surface area contributed by atoms with E-state index in [1.54, 1.807) is 0 Å². The van der Waals surface area contributed by atoms with Gasteiger partial charge in [-0.2, -0.15) is 0 Å². The van der Waals surface area contributed by atoms with E-state index in [2.05, 4.69) is 29.0 Å². The molecule has 0 saturated carbocycles. The maximum absolute atomic E-state index is 7.34. The molecule has 0 unspecified atom stereocenters. The van der Waals surface area contributed by atoms with Crippen LogP contribution in [0.3, 0.4) is 0 Å². The average Bonchev–Trinajstić information content (AvgIpc) is 2.33. The predicted molar refractivity (Wildman–Crippen MR) is 77.5 cm³/mol. The number of benzene rings is 1. The Morgan fingerprint density at radius 3 is 2.22 bits per heavy atom. The first-order chi connectivity index (χ1) is 8.15. The lowest BCUT2D eigenvalue weighted by atomic mass is 10.1. The molecule has 1 aromatic carbocycles. The Balaban J connectivity index is 0.00000162. The third kappa shape index (κ3) is 3.98. The van der Waals surface area contributed by atoms with Crippen LogP contribution in [0.1, 0.15) is 11.1 Å². The van der Waals surface area contributed by atoms with Gasteiger partial charge in [0, 0.05) is 38.3 Å². The summed E-state index contributed by atoms with van der Waals surface area (Å²) < 4.78 is 0. The second kappa shape index (κ2) is 6.73. The van der Waals surface area contributed by atoms with Crippen molar-refractivity contribution >= 4 is 18.2 Å². The zero-order valence-corrected chi connectivity index (χ0v) is 11.5. The van der Waals surface area contributed by atoms with Crippen LogP contribution in [-0.2, 0) is 6.54 Å². The molecule has 1 aromatic rings. The number of likely N-dealkylation sites (N-methyl/N-ethyl adjacent to an activating group) is 1. The van der Waals surface area contributed by atoms with Gasteiger partial charge < -0.3 is 10.6 Å². The van der Waals surface area contributed by atoms with Crippen LogP contribution in [0.25, 0.3) is 0 Å². The second-order valence-electron chi connectivity index (χ2n) is 4.69. The topological polar surface area (TPSA) is 56.4 Å². The van der Waals surface area contributed by atoms with Crippen molar-refractivity contribution < 1.29 is 0 Å². The minimum atomic E-state index is 0. The van der Waals surface area contributed by atoms with Crippen LogP contribution in [0.4, 0.5) is 0 Å². The summed E-state index contributed by atoms with van der Waals surface area (Å²) in [5.41, 5.74) is 7.52. The van der Waals surface area contributed by atoms with Gasteiger partial charge in [0.25, 0.3) is 0 Å². The largest absolute Gasteiger partial charge is 0.384 e. The van der Waals surface area contributed by atoms with E-state index < -0.39 is 0 Å². The molecule has 0 amide bonds. The SMILES string of the molecule is CN1CCN(Cc2ccc(C(=N)N)cc2)CC1.Cl. The molecule has 5 heteroatoms. The van der Waals surface area contributed by atoms with E-state index in [1.807, 2.05) is 12.1 Å². The van der Waals surface area contributed by atoms with Gasteiger partial charge in [0.1, 0.15) is 5.84 Å². The van der Waals surface area contributed by atoms with Crippen LogP contribution in [0.15, 0.2) is 24.3 Å². The van der Waals surface area contributed by atoms with Gasteiger partial charge >= 0.3 is 0 Å². The van der Waals surface area contributed by atoms with E-state index in [-0.39, 0.29) is 18.2 Å². The van der Waals surface area contributed by atoms with Gasteiger partial charge in [-0.1, -0.05) is 24.3 Å². The number of halogens is 1. The normalized spacial score (nSPS) is 17.2. The number of rotatable bonds is 3. The molecule has 18 heavy (non-hydrogen) atoms. The molecule has 1 heterocycles. The average molecular weight is 269 g/mol. The smallest absolute Gasteiger partial charge is 0.122 e. The molecule has 0 radical (unpaired) electrons. The van der Waals surface area contributed by atoms with Crippen LogP contribution in [0, 0.1) is 5.41 Å². The Morgan fingerprint density at radius 2 is 1.72 bits per heavy atom. The molecular formula is C13H21ClN4. The molecule has 0 bridgehead atoms. The third-order valence-corrected chi connectivity index (χ3v) is 3.27. The van der Waals surface area contributed by atoms with Crippen molar-refractivity contribution in [3.8, 4) is 0 Å². The molecule has 0 spiro atoms. The van der Waals surface area contributed by atoms with Gasteiger partial charge in [-0.05, 0) is 12.6 Å². The van der Waals surface area contributed by atoms with Gasteiger partial charge in [-0.15, -0.1) is 12.4 Å². The first-order valence-electron chi connectivity index (χ1n) is 5.99. The second-order valence-corrected chi connectivity index (χ2v) is 4.69. The Hall–Kier alpha value is -1.10. The fourth-order valence-electron chi connectivity index (χ4n) is 2.05.